The summed E-state index contributed by atoms with van der Waals surface area (Å²) in [6.45, 7) is 5.58. The fourth-order valence-corrected chi connectivity index (χ4v) is 2.85. The van der Waals surface area contributed by atoms with Gasteiger partial charge in [0, 0.05) is 5.54 Å². The third kappa shape index (κ3) is 4.28. The van der Waals surface area contributed by atoms with E-state index in [0.717, 1.165) is 19.4 Å². The lowest BCUT2D eigenvalue weighted by atomic mass is 9.95. The Kier molecular flexibility index (Phi) is 4.56. The van der Waals surface area contributed by atoms with E-state index in [1.807, 2.05) is 0 Å². The number of hydrogen-bond acceptors (Lipinski definition) is 2. The molecule has 0 radical (unpaired) electrons. The molecule has 1 aromatic heterocycles. The van der Waals surface area contributed by atoms with Crippen LogP contribution in [0.1, 0.15) is 25.0 Å². The van der Waals surface area contributed by atoms with E-state index in [2.05, 4.69) is 66.3 Å². The molecular weight excluding hydrogens is 238 g/mol. The molecule has 0 unspecified atom stereocenters. The fourth-order valence-electron chi connectivity index (χ4n) is 2.15. The van der Waals surface area contributed by atoms with Crippen LogP contribution >= 0.6 is 11.3 Å². The van der Waals surface area contributed by atoms with Crippen LogP contribution in [0.5, 0.6) is 0 Å². The molecule has 0 fully saturated rings. The molecule has 2 aromatic rings. The van der Waals surface area contributed by atoms with E-state index < -0.39 is 0 Å². The molecule has 0 spiro atoms. The third-order valence-corrected chi connectivity index (χ3v) is 3.82. The maximum absolute atomic E-state index is 3.65. The molecule has 0 amide bonds. The molecule has 0 aliphatic rings. The molecule has 96 valence electrons. The topological polar surface area (TPSA) is 12.0 Å². The SMILES string of the molecule is CC(C)(Cc1ccccc1)NCCc1ccsc1. The Labute approximate surface area is 114 Å². The molecule has 18 heavy (non-hydrogen) atoms. The van der Waals surface area contributed by atoms with Gasteiger partial charge in [0.05, 0.1) is 0 Å². The van der Waals surface area contributed by atoms with Crippen molar-refractivity contribution in [1.29, 1.82) is 0 Å². The van der Waals surface area contributed by atoms with Gasteiger partial charge in [-0.15, -0.1) is 0 Å². The number of benzene rings is 1. The number of rotatable bonds is 6. The first-order chi connectivity index (χ1) is 8.66. The number of hydrogen-bond donors (Lipinski definition) is 1. The molecule has 1 aromatic carbocycles. The van der Waals surface area contributed by atoms with Crippen molar-refractivity contribution in [3.8, 4) is 0 Å². The molecule has 0 saturated carbocycles. The smallest absolute Gasteiger partial charge is 0.0165 e. The molecule has 0 aliphatic heterocycles. The van der Waals surface area contributed by atoms with Gasteiger partial charge in [-0.25, -0.2) is 0 Å². The van der Waals surface area contributed by atoms with Gasteiger partial charge in [0.2, 0.25) is 0 Å². The van der Waals surface area contributed by atoms with Crippen LogP contribution < -0.4 is 5.32 Å². The van der Waals surface area contributed by atoms with Gasteiger partial charge in [0.25, 0.3) is 0 Å². The van der Waals surface area contributed by atoms with Crippen LogP contribution in [0.25, 0.3) is 0 Å². The molecule has 1 heterocycles. The summed E-state index contributed by atoms with van der Waals surface area (Å²) in [7, 11) is 0. The van der Waals surface area contributed by atoms with Crippen molar-refractivity contribution < 1.29 is 0 Å². The monoisotopic (exact) mass is 259 g/mol. The molecule has 0 bridgehead atoms. The van der Waals surface area contributed by atoms with Crippen molar-refractivity contribution >= 4 is 11.3 Å². The Morgan fingerprint density at radius 2 is 1.83 bits per heavy atom. The highest BCUT2D eigenvalue weighted by atomic mass is 32.1. The molecule has 2 rings (SSSR count). The highest BCUT2D eigenvalue weighted by Crippen LogP contribution is 2.13. The first kappa shape index (κ1) is 13.3. The summed E-state index contributed by atoms with van der Waals surface area (Å²) >= 11 is 1.77. The molecule has 0 saturated heterocycles. The summed E-state index contributed by atoms with van der Waals surface area (Å²) in [5.74, 6) is 0. The second-order valence-corrected chi connectivity index (χ2v) is 6.13. The van der Waals surface area contributed by atoms with Crippen LogP contribution in [0.15, 0.2) is 47.2 Å². The van der Waals surface area contributed by atoms with Gasteiger partial charge in [0.1, 0.15) is 0 Å². The summed E-state index contributed by atoms with van der Waals surface area (Å²) in [6.07, 6.45) is 2.18. The average molecular weight is 259 g/mol. The number of nitrogens with one attached hydrogen (secondary N) is 1. The van der Waals surface area contributed by atoms with Gasteiger partial charge in [-0.2, -0.15) is 11.3 Å². The predicted octanol–water partition coefficient (Wildman–Crippen LogP) is 3.90. The van der Waals surface area contributed by atoms with E-state index in [0.29, 0.717) is 0 Å². The fraction of sp³-hybridized carbons (Fsp3) is 0.375. The molecule has 0 atom stereocenters. The summed E-state index contributed by atoms with van der Waals surface area (Å²) in [6, 6.07) is 12.9. The summed E-state index contributed by atoms with van der Waals surface area (Å²) in [5, 5.41) is 8.02. The highest BCUT2D eigenvalue weighted by Gasteiger charge is 2.16. The largest absolute Gasteiger partial charge is 0.311 e. The molecular formula is C16H21NS. The molecule has 2 heteroatoms. The second-order valence-electron chi connectivity index (χ2n) is 5.35. The minimum Gasteiger partial charge on any atom is -0.311 e. The van der Waals surface area contributed by atoms with Crippen molar-refractivity contribution in [3.63, 3.8) is 0 Å². The van der Waals surface area contributed by atoms with Crippen molar-refractivity contribution in [2.45, 2.75) is 32.2 Å². The van der Waals surface area contributed by atoms with E-state index in [4.69, 9.17) is 0 Å². The second kappa shape index (κ2) is 6.17. The molecule has 0 aliphatic carbocycles. The van der Waals surface area contributed by atoms with E-state index in [1.54, 1.807) is 11.3 Å². The van der Waals surface area contributed by atoms with E-state index in [9.17, 15) is 0 Å². The van der Waals surface area contributed by atoms with Crippen LogP contribution in [0.4, 0.5) is 0 Å². The standard InChI is InChI=1S/C16H21NS/c1-16(2,12-14-6-4-3-5-7-14)17-10-8-15-9-11-18-13-15/h3-7,9,11,13,17H,8,10,12H2,1-2H3. The van der Waals surface area contributed by atoms with Crippen LogP contribution in [0.2, 0.25) is 0 Å². The lowest BCUT2D eigenvalue weighted by Crippen LogP contribution is -2.42. The maximum Gasteiger partial charge on any atom is 0.0165 e. The van der Waals surface area contributed by atoms with Crippen molar-refractivity contribution in [3.05, 3.63) is 58.3 Å². The van der Waals surface area contributed by atoms with E-state index >= 15 is 0 Å². The molecule has 1 N–H and O–H groups in total. The van der Waals surface area contributed by atoms with E-state index in [1.165, 1.54) is 11.1 Å². The minimum absolute atomic E-state index is 0.150. The molecule has 1 nitrogen and oxygen atoms in total. The summed E-state index contributed by atoms with van der Waals surface area (Å²) in [5.41, 5.74) is 2.98. The van der Waals surface area contributed by atoms with Crippen LogP contribution in [-0.2, 0) is 12.8 Å². The third-order valence-electron chi connectivity index (χ3n) is 3.09. The average Bonchev–Trinajstić information content (AvgIpc) is 2.82. The Balaban J connectivity index is 1.80. The normalized spacial score (nSPS) is 11.7. The Morgan fingerprint density at radius 3 is 2.50 bits per heavy atom. The lowest BCUT2D eigenvalue weighted by Gasteiger charge is -2.26. The first-order valence-corrected chi connectivity index (χ1v) is 7.40. The predicted molar refractivity (Wildman–Crippen MR) is 80.3 cm³/mol. The van der Waals surface area contributed by atoms with Gasteiger partial charge in [-0.3, -0.25) is 0 Å². The van der Waals surface area contributed by atoms with Crippen molar-refractivity contribution in [2.75, 3.05) is 6.54 Å². The van der Waals surface area contributed by atoms with Crippen LogP contribution in [0.3, 0.4) is 0 Å². The van der Waals surface area contributed by atoms with Gasteiger partial charge < -0.3 is 5.32 Å². The summed E-state index contributed by atoms with van der Waals surface area (Å²) < 4.78 is 0. The zero-order chi connectivity index (χ0) is 12.8. The van der Waals surface area contributed by atoms with E-state index in [-0.39, 0.29) is 5.54 Å². The van der Waals surface area contributed by atoms with Gasteiger partial charge in [0.15, 0.2) is 0 Å². The van der Waals surface area contributed by atoms with Crippen LogP contribution in [0, 0.1) is 0 Å². The maximum atomic E-state index is 3.65. The Morgan fingerprint density at radius 1 is 1.06 bits per heavy atom. The van der Waals surface area contributed by atoms with Crippen molar-refractivity contribution in [1.82, 2.24) is 5.32 Å². The zero-order valence-electron chi connectivity index (χ0n) is 11.1. The highest BCUT2D eigenvalue weighted by molar-refractivity contribution is 7.07. The Hall–Kier alpha value is -1.12. The number of thiophene rings is 1. The van der Waals surface area contributed by atoms with Gasteiger partial charge >= 0.3 is 0 Å². The first-order valence-electron chi connectivity index (χ1n) is 6.46. The van der Waals surface area contributed by atoms with Crippen LogP contribution in [-0.4, -0.2) is 12.1 Å². The quantitative estimate of drug-likeness (QED) is 0.829. The lowest BCUT2D eigenvalue weighted by molar-refractivity contribution is 0.389. The van der Waals surface area contributed by atoms with Gasteiger partial charge in [-0.1, -0.05) is 30.3 Å². The van der Waals surface area contributed by atoms with Gasteiger partial charge in [-0.05, 0) is 61.2 Å². The minimum atomic E-state index is 0.150. The Bertz CT molecular complexity index is 445. The summed E-state index contributed by atoms with van der Waals surface area (Å²) in [4.78, 5) is 0. The zero-order valence-corrected chi connectivity index (χ0v) is 12.0. The van der Waals surface area contributed by atoms with Crippen molar-refractivity contribution in [2.24, 2.45) is 0 Å².